The van der Waals surface area contributed by atoms with E-state index in [0.29, 0.717) is 0 Å². The van der Waals surface area contributed by atoms with Crippen LogP contribution >= 0.6 is 0 Å². The van der Waals surface area contributed by atoms with Crippen LogP contribution in [0.25, 0.3) is 0 Å². The second-order valence-corrected chi connectivity index (χ2v) is 4.11. The number of ether oxygens (including phenoxy) is 1. The zero-order valence-corrected chi connectivity index (χ0v) is 9.48. The molecule has 1 aromatic rings. The number of benzene rings is 1. The minimum atomic E-state index is -0.193. The Morgan fingerprint density at radius 2 is 2.12 bits per heavy atom. The lowest BCUT2D eigenvalue weighted by Gasteiger charge is -2.30. The summed E-state index contributed by atoms with van der Waals surface area (Å²) >= 11 is 0. The highest BCUT2D eigenvalue weighted by molar-refractivity contribution is 5.77. The Kier molecular flexibility index (Phi) is 3.57. The third kappa shape index (κ3) is 2.25. The zero-order chi connectivity index (χ0) is 11.4. The molecule has 0 spiro atoms. The predicted molar refractivity (Wildman–Crippen MR) is 62.2 cm³/mol. The van der Waals surface area contributed by atoms with Gasteiger partial charge in [-0.05, 0) is 24.9 Å². The van der Waals surface area contributed by atoms with Gasteiger partial charge in [0.05, 0.1) is 7.11 Å². The minimum absolute atomic E-state index is 0.159. The summed E-state index contributed by atoms with van der Waals surface area (Å²) in [6, 6.07) is 9.98. The van der Waals surface area contributed by atoms with E-state index in [1.165, 1.54) is 12.7 Å². The molecule has 3 heteroatoms. The first kappa shape index (κ1) is 11.1. The normalized spacial score (nSPS) is 25.1. The fourth-order valence-corrected chi connectivity index (χ4v) is 2.32. The lowest BCUT2D eigenvalue weighted by atomic mass is 9.85. The first-order chi connectivity index (χ1) is 7.83. The van der Waals surface area contributed by atoms with E-state index in [2.05, 4.69) is 17.4 Å². The highest BCUT2D eigenvalue weighted by Crippen LogP contribution is 2.28. The Morgan fingerprint density at radius 1 is 1.38 bits per heavy atom. The molecule has 1 aliphatic heterocycles. The van der Waals surface area contributed by atoms with Crippen molar-refractivity contribution in [3.8, 4) is 0 Å². The molecule has 2 rings (SSSR count). The van der Waals surface area contributed by atoms with Crippen LogP contribution in [-0.4, -0.2) is 25.7 Å². The second-order valence-electron chi connectivity index (χ2n) is 4.11. The number of carbonyl (C=O) groups excluding carboxylic acids is 1. The summed E-state index contributed by atoms with van der Waals surface area (Å²) in [6.07, 6.45) is 2.14. The number of carbonyl (C=O) groups is 1. The lowest BCUT2D eigenvalue weighted by Crippen LogP contribution is -2.46. The Bertz CT molecular complexity index is 350. The number of esters is 1. The molecule has 2 atom stereocenters. The van der Waals surface area contributed by atoms with Crippen molar-refractivity contribution in [3.63, 3.8) is 0 Å². The molecule has 3 nitrogen and oxygen atoms in total. The molecule has 1 aromatic carbocycles. The van der Waals surface area contributed by atoms with Crippen molar-refractivity contribution in [1.82, 2.24) is 5.32 Å². The molecule has 16 heavy (non-hydrogen) atoms. The second kappa shape index (κ2) is 5.12. The lowest BCUT2D eigenvalue weighted by molar-refractivity contribution is -0.144. The zero-order valence-electron chi connectivity index (χ0n) is 9.48. The molecule has 1 N–H and O–H groups in total. The van der Waals surface area contributed by atoms with E-state index < -0.39 is 0 Å². The first-order valence-electron chi connectivity index (χ1n) is 5.69. The number of hydrogen-bond donors (Lipinski definition) is 1. The molecule has 0 aliphatic carbocycles. The van der Waals surface area contributed by atoms with Gasteiger partial charge in [0.25, 0.3) is 0 Å². The Labute approximate surface area is 95.8 Å². The van der Waals surface area contributed by atoms with Crippen LogP contribution in [0.5, 0.6) is 0 Å². The molecule has 0 aromatic heterocycles. The van der Waals surface area contributed by atoms with Gasteiger partial charge in [0.2, 0.25) is 0 Å². The van der Waals surface area contributed by atoms with Gasteiger partial charge in [-0.15, -0.1) is 0 Å². The Hall–Kier alpha value is -1.35. The van der Waals surface area contributed by atoms with E-state index in [0.717, 1.165) is 19.4 Å². The van der Waals surface area contributed by atoms with Crippen LogP contribution in [0.15, 0.2) is 30.3 Å². The topological polar surface area (TPSA) is 38.3 Å². The third-order valence-corrected chi connectivity index (χ3v) is 3.14. The summed E-state index contributed by atoms with van der Waals surface area (Å²) in [5.74, 6) is 0.0796. The van der Waals surface area contributed by atoms with Crippen molar-refractivity contribution in [1.29, 1.82) is 0 Å². The van der Waals surface area contributed by atoms with Crippen LogP contribution in [0.4, 0.5) is 0 Å². The molecule has 1 heterocycles. The summed E-state index contributed by atoms with van der Waals surface area (Å²) in [5.41, 5.74) is 1.21. The van der Waals surface area contributed by atoms with E-state index >= 15 is 0 Å². The summed E-state index contributed by atoms with van der Waals surface area (Å²) in [4.78, 5) is 11.7. The van der Waals surface area contributed by atoms with Gasteiger partial charge in [-0.25, -0.2) is 0 Å². The largest absolute Gasteiger partial charge is 0.468 e. The quantitative estimate of drug-likeness (QED) is 0.769. The fourth-order valence-electron chi connectivity index (χ4n) is 2.32. The number of piperidine rings is 1. The van der Waals surface area contributed by atoms with E-state index in [4.69, 9.17) is 4.74 Å². The smallest absolute Gasteiger partial charge is 0.323 e. The van der Waals surface area contributed by atoms with Gasteiger partial charge in [0.15, 0.2) is 0 Å². The maximum absolute atomic E-state index is 11.7. The van der Waals surface area contributed by atoms with Gasteiger partial charge in [-0.2, -0.15) is 0 Å². The van der Waals surface area contributed by atoms with Crippen LogP contribution in [0.1, 0.15) is 24.3 Å². The standard InChI is InChI=1S/C13H17NO2/c1-16-13(15)12-11(8-5-9-14-12)10-6-3-2-4-7-10/h2-4,6-7,11-12,14H,5,8-9H2,1H3/t11-,12+/m1/s1. The van der Waals surface area contributed by atoms with Gasteiger partial charge >= 0.3 is 5.97 Å². The minimum Gasteiger partial charge on any atom is -0.468 e. The van der Waals surface area contributed by atoms with Crippen LogP contribution < -0.4 is 5.32 Å². The molecular weight excluding hydrogens is 202 g/mol. The van der Waals surface area contributed by atoms with E-state index in [1.54, 1.807) is 0 Å². The van der Waals surface area contributed by atoms with Gasteiger partial charge in [0.1, 0.15) is 6.04 Å². The van der Waals surface area contributed by atoms with Gasteiger partial charge in [-0.1, -0.05) is 30.3 Å². The van der Waals surface area contributed by atoms with Crippen LogP contribution in [0, 0.1) is 0 Å². The van der Waals surface area contributed by atoms with Crippen LogP contribution in [0.2, 0.25) is 0 Å². The molecular formula is C13H17NO2. The molecule has 0 radical (unpaired) electrons. The highest BCUT2D eigenvalue weighted by Gasteiger charge is 2.32. The fraction of sp³-hybridized carbons (Fsp3) is 0.462. The summed E-state index contributed by atoms with van der Waals surface area (Å²) in [7, 11) is 1.45. The molecule has 0 amide bonds. The third-order valence-electron chi connectivity index (χ3n) is 3.14. The average Bonchev–Trinajstić information content (AvgIpc) is 2.39. The SMILES string of the molecule is COC(=O)[C@H]1NCCC[C@@H]1c1ccccc1. The van der Waals surface area contributed by atoms with Gasteiger partial charge in [-0.3, -0.25) is 4.79 Å². The van der Waals surface area contributed by atoms with E-state index in [-0.39, 0.29) is 17.9 Å². The monoisotopic (exact) mass is 219 g/mol. The summed E-state index contributed by atoms with van der Waals surface area (Å²) in [6.45, 7) is 0.892. The number of methoxy groups -OCH3 is 1. The van der Waals surface area contributed by atoms with Crippen molar-refractivity contribution in [2.45, 2.75) is 24.8 Å². The molecule has 1 fully saturated rings. The van der Waals surface area contributed by atoms with E-state index in [9.17, 15) is 4.79 Å². The molecule has 1 saturated heterocycles. The van der Waals surface area contributed by atoms with Crippen LogP contribution in [-0.2, 0) is 9.53 Å². The first-order valence-corrected chi connectivity index (χ1v) is 5.69. The Morgan fingerprint density at radius 3 is 2.81 bits per heavy atom. The van der Waals surface area contributed by atoms with E-state index in [1.807, 2.05) is 18.2 Å². The van der Waals surface area contributed by atoms with Crippen molar-refractivity contribution in [3.05, 3.63) is 35.9 Å². The molecule has 1 aliphatic rings. The highest BCUT2D eigenvalue weighted by atomic mass is 16.5. The number of hydrogen-bond acceptors (Lipinski definition) is 3. The van der Waals surface area contributed by atoms with Crippen molar-refractivity contribution in [2.75, 3.05) is 13.7 Å². The average molecular weight is 219 g/mol. The molecule has 86 valence electrons. The predicted octanol–water partition coefficient (Wildman–Crippen LogP) is 1.70. The van der Waals surface area contributed by atoms with Crippen molar-refractivity contribution in [2.24, 2.45) is 0 Å². The maximum Gasteiger partial charge on any atom is 0.323 e. The molecule has 0 unspecified atom stereocenters. The molecule has 0 saturated carbocycles. The van der Waals surface area contributed by atoms with Gasteiger partial charge in [0, 0.05) is 5.92 Å². The van der Waals surface area contributed by atoms with Gasteiger partial charge < -0.3 is 10.1 Å². The maximum atomic E-state index is 11.7. The summed E-state index contributed by atoms with van der Waals surface area (Å²) < 4.78 is 4.84. The van der Waals surface area contributed by atoms with Crippen molar-refractivity contribution >= 4 is 5.97 Å². The Balaban J connectivity index is 2.20. The number of nitrogens with one attached hydrogen (secondary N) is 1. The van der Waals surface area contributed by atoms with Crippen LogP contribution in [0.3, 0.4) is 0 Å². The number of rotatable bonds is 2. The summed E-state index contributed by atoms with van der Waals surface area (Å²) in [5, 5.41) is 3.24. The van der Waals surface area contributed by atoms with Crippen molar-refractivity contribution < 1.29 is 9.53 Å². The molecule has 0 bridgehead atoms.